The predicted octanol–water partition coefficient (Wildman–Crippen LogP) is 5.17. The molecule has 0 saturated carbocycles. The number of hydrogen-bond acceptors (Lipinski definition) is 4. The number of aromatic amines is 1. The fourth-order valence-corrected chi connectivity index (χ4v) is 4.21. The van der Waals surface area contributed by atoms with Crippen molar-refractivity contribution in [3.63, 3.8) is 0 Å². The lowest BCUT2D eigenvalue weighted by Crippen LogP contribution is -2.22. The largest absolute Gasteiger partial charge is 0.497 e. The van der Waals surface area contributed by atoms with E-state index in [1.807, 2.05) is 30.5 Å². The Bertz CT molecular complexity index is 1060. The summed E-state index contributed by atoms with van der Waals surface area (Å²) in [5.74, 6) is 1.75. The second-order valence-corrected chi connectivity index (χ2v) is 7.32. The molecule has 5 heteroatoms. The van der Waals surface area contributed by atoms with Gasteiger partial charge in [-0.05, 0) is 49.2 Å². The lowest BCUT2D eigenvalue weighted by Gasteiger charge is -2.25. The Balaban J connectivity index is 1.42. The van der Waals surface area contributed by atoms with Crippen molar-refractivity contribution in [1.29, 1.82) is 0 Å². The van der Waals surface area contributed by atoms with Crippen LogP contribution in [0.15, 0.2) is 65.2 Å². The van der Waals surface area contributed by atoms with Crippen LogP contribution in [0.2, 0.25) is 0 Å². The Hall–Kier alpha value is -3.05. The summed E-state index contributed by atoms with van der Waals surface area (Å²) in [5, 5.41) is 8.55. The van der Waals surface area contributed by atoms with Crippen LogP contribution in [0.1, 0.15) is 30.0 Å². The molecule has 1 aliphatic heterocycles. The molecule has 142 valence electrons. The van der Waals surface area contributed by atoms with Crippen LogP contribution in [0.3, 0.4) is 0 Å². The van der Waals surface area contributed by atoms with E-state index in [1.165, 1.54) is 12.0 Å². The standard InChI is InChI=1S/C23H23N3O2/c1-27-19-8-4-7-16(12-19)20-9-5-11-26(20)15-18-14-24-25-23(18)22-13-17-6-2-3-10-21(17)28-22/h2-4,6-8,10,12-14,20H,5,9,11,15H2,1H3,(H,24,25)/t20-/m0/s1. The Labute approximate surface area is 163 Å². The fraction of sp³-hybridized carbons (Fsp3) is 0.261. The molecule has 0 amide bonds. The highest BCUT2D eigenvalue weighted by atomic mass is 16.5. The number of aromatic nitrogens is 2. The van der Waals surface area contributed by atoms with Gasteiger partial charge < -0.3 is 9.15 Å². The van der Waals surface area contributed by atoms with Crippen molar-refractivity contribution in [3.8, 4) is 17.2 Å². The number of methoxy groups -OCH3 is 1. The molecule has 0 spiro atoms. The van der Waals surface area contributed by atoms with Gasteiger partial charge in [-0.2, -0.15) is 5.10 Å². The van der Waals surface area contributed by atoms with E-state index in [0.717, 1.165) is 53.2 Å². The summed E-state index contributed by atoms with van der Waals surface area (Å²) in [7, 11) is 1.72. The maximum atomic E-state index is 6.05. The number of hydrogen-bond donors (Lipinski definition) is 1. The van der Waals surface area contributed by atoms with E-state index in [2.05, 4.69) is 45.4 Å². The van der Waals surface area contributed by atoms with Crippen LogP contribution >= 0.6 is 0 Å². The molecule has 2 aromatic heterocycles. The first-order valence-corrected chi connectivity index (χ1v) is 9.71. The summed E-state index contributed by atoms with van der Waals surface area (Å²) in [4.78, 5) is 2.52. The van der Waals surface area contributed by atoms with Crippen LogP contribution in [0.4, 0.5) is 0 Å². The summed E-state index contributed by atoms with van der Waals surface area (Å²) >= 11 is 0. The summed E-state index contributed by atoms with van der Waals surface area (Å²) < 4.78 is 11.5. The number of fused-ring (bicyclic) bond motifs is 1. The molecule has 3 heterocycles. The summed E-state index contributed by atoms with van der Waals surface area (Å²) in [5.41, 5.74) is 4.33. The highest BCUT2D eigenvalue weighted by Gasteiger charge is 2.27. The quantitative estimate of drug-likeness (QED) is 0.524. The zero-order valence-electron chi connectivity index (χ0n) is 15.9. The monoisotopic (exact) mass is 373 g/mol. The Kier molecular flexibility index (Phi) is 4.37. The summed E-state index contributed by atoms with van der Waals surface area (Å²) in [6.07, 6.45) is 4.27. The molecule has 4 aromatic rings. The first kappa shape index (κ1) is 17.1. The zero-order chi connectivity index (χ0) is 18.9. The normalized spacial score (nSPS) is 17.4. The van der Waals surface area contributed by atoms with Crippen LogP contribution in [-0.2, 0) is 6.54 Å². The number of likely N-dealkylation sites (tertiary alicyclic amines) is 1. The topological polar surface area (TPSA) is 54.3 Å². The van der Waals surface area contributed by atoms with Gasteiger partial charge in [0.15, 0.2) is 5.76 Å². The molecular formula is C23H23N3O2. The molecular weight excluding hydrogens is 350 g/mol. The average Bonchev–Trinajstić information content (AvgIpc) is 3.47. The van der Waals surface area contributed by atoms with E-state index in [0.29, 0.717) is 6.04 Å². The minimum absolute atomic E-state index is 0.397. The van der Waals surface area contributed by atoms with Crippen LogP contribution in [0.25, 0.3) is 22.4 Å². The van der Waals surface area contributed by atoms with Gasteiger partial charge in [0.25, 0.3) is 0 Å². The molecule has 0 unspecified atom stereocenters. The molecule has 1 saturated heterocycles. The third-order valence-corrected chi connectivity index (χ3v) is 5.61. The SMILES string of the molecule is COc1cccc([C@@H]2CCCN2Cc2cn[nH]c2-c2cc3ccccc3o2)c1. The lowest BCUT2D eigenvalue weighted by atomic mass is 10.0. The zero-order valence-corrected chi connectivity index (χ0v) is 15.9. The van der Waals surface area contributed by atoms with Crippen molar-refractivity contribution in [2.45, 2.75) is 25.4 Å². The van der Waals surface area contributed by atoms with E-state index in [9.17, 15) is 0 Å². The third-order valence-electron chi connectivity index (χ3n) is 5.61. The number of benzene rings is 2. The maximum absolute atomic E-state index is 6.05. The van der Waals surface area contributed by atoms with Gasteiger partial charge in [0, 0.05) is 23.5 Å². The van der Waals surface area contributed by atoms with Gasteiger partial charge in [0.2, 0.25) is 0 Å². The van der Waals surface area contributed by atoms with E-state index in [4.69, 9.17) is 9.15 Å². The van der Waals surface area contributed by atoms with Gasteiger partial charge in [0.05, 0.1) is 13.3 Å². The number of rotatable bonds is 5. The van der Waals surface area contributed by atoms with Crippen molar-refractivity contribution in [1.82, 2.24) is 15.1 Å². The van der Waals surface area contributed by atoms with Crippen molar-refractivity contribution in [3.05, 3.63) is 71.9 Å². The molecule has 5 rings (SSSR count). The van der Waals surface area contributed by atoms with E-state index < -0.39 is 0 Å². The van der Waals surface area contributed by atoms with Crippen LogP contribution < -0.4 is 4.74 Å². The first-order valence-electron chi connectivity index (χ1n) is 9.71. The molecule has 0 bridgehead atoms. The molecule has 1 N–H and O–H groups in total. The van der Waals surface area contributed by atoms with Gasteiger partial charge in [-0.25, -0.2) is 0 Å². The molecule has 0 radical (unpaired) electrons. The van der Waals surface area contributed by atoms with Crippen LogP contribution in [-0.4, -0.2) is 28.8 Å². The number of nitrogens with zero attached hydrogens (tertiary/aromatic N) is 2. The van der Waals surface area contributed by atoms with E-state index in [-0.39, 0.29) is 0 Å². The van der Waals surface area contributed by atoms with E-state index in [1.54, 1.807) is 7.11 Å². The fourth-order valence-electron chi connectivity index (χ4n) is 4.21. The van der Waals surface area contributed by atoms with Gasteiger partial charge >= 0.3 is 0 Å². The molecule has 5 nitrogen and oxygen atoms in total. The number of furan rings is 1. The maximum Gasteiger partial charge on any atom is 0.153 e. The van der Waals surface area contributed by atoms with Crippen LogP contribution in [0, 0.1) is 0 Å². The molecule has 28 heavy (non-hydrogen) atoms. The molecule has 1 atom stereocenters. The summed E-state index contributed by atoms with van der Waals surface area (Å²) in [6.45, 7) is 1.91. The van der Waals surface area contributed by atoms with E-state index >= 15 is 0 Å². The van der Waals surface area contributed by atoms with Crippen LogP contribution in [0.5, 0.6) is 5.75 Å². The Morgan fingerprint density at radius 1 is 1.18 bits per heavy atom. The summed E-state index contributed by atoms with van der Waals surface area (Å²) in [6, 6.07) is 19.0. The highest BCUT2D eigenvalue weighted by molar-refractivity contribution is 5.82. The number of para-hydroxylation sites is 1. The second kappa shape index (κ2) is 7.17. The average molecular weight is 373 g/mol. The Morgan fingerprint density at radius 2 is 2.11 bits per heavy atom. The lowest BCUT2D eigenvalue weighted by molar-refractivity contribution is 0.248. The second-order valence-electron chi connectivity index (χ2n) is 7.32. The van der Waals surface area contributed by atoms with Gasteiger partial charge in [-0.15, -0.1) is 0 Å². The highest BCUT2D eigenvalue weighted by Crippen LogP contribution is 2.36. The van der Waals surface area contributed by atoms with Gasteiger partial charge in [-0.3, -0.25) is 10.00 Å². The smallest absolute Gasteiger partial charge is 0.153 e. The predicted molar refractivity (Wildman–Crippen MR) is 109 cm³/mol. The molecule has 1 aliphatic rings. The molecule has 1 fully saturated rings. The van der Waals surface area contributed by atoms with Crippen molar-refractivity contribution < 1.29 is 9.15 Å². The Morgan fingerprint density at radius 3 is 3.00 bits per heavy atom. The first-order chi connectivity index (χ1) is 13.8. The van der Waals surface area contributed by atoms with Crippen molar-refractivity contribution >= 4 is 11.0 Å². The minimum atomic E-state index is 0.397. The number of nitrogens with one attached hydrogen (secondary N) is 1. The van der Waals surface area contributed by atoms with Gasteiger partial charge in [-0.1, -0.05) is 30.3 Å². The number of ether oxygens (including phenoxy) is 1. The molecule has 0 aliphatic carbocycles. The number of H-pyrrole nitrogens is 1. The van der Waals surface area contributed by atoms with Crippen molar-refractivity contribution in [2.75, 3.05) is 13.7 Å². The minimum Gasteiger partial charge on any atom is -0.497 e. The van der Waals surface area contributed by atoms with Crippen molar-refractivity contribution in [2.24, 2.45) is 0 Å². The molecule has 2 aromatic carbocycles. The van der Waals surface area contributed by atoms with Gasteiger partial charge in [0.1, 0.15) is 17.0 Å². The third kappa shape index (κ3) is 3.08.